The van der Waals surface area contributed by atoms with Crippen molar-refractivity contribution in [1.82, 2.24) is 9.55 Å². The van der Waals surface area contributed by atoms with Crippen LogP contribution >= 0.6 is 12.2 Å². The number of hydrogen-bond acceptors (Lipinski definition) is 3. The molecule has 0 bridgehead atoms. The number of nitrogens with one attached hydrogen (secondary N) is 1. The van der Waals surface area contributed by atoms with E-state index < -0.39 is 0 Å². The summed E-state index contributed by atoms with van der Waals surface area (Å²) in [4.78, 5) is 3.19. The third kappa shape index (κ3) is 1.57. The molecule has 2 aromatic rings. The first-order chi connectivity index (χ1) is 8.64. The maximum atomic E-state index is 9.00. The molecule has 92 valence electrons. The van der Waals surface area contributed by atoms with Crippen LogP contribution in [0.1, 0.15) is 18.9 Å². The van der Waals surface area contributed by atoms with Gasteiger partial charge in [-0.3, -0.25) is 0 Å². The van der Waals surface area contributed by atoms with E-state index in [1.165, 1.54) is 0 Å². The molecule has 1 atom stereocenters. The van der Waals surface area contributed by atoms with Crippen LogP contribution in [0.15, 0.2) is 18.2 Å². The molecular weight excluding hydrogens is 246 g/mol. The van der Waals surface area contributed by atoms with E-state index in [1.54, 1.807) is 6.07 Å². The van der Waals surface area contributed by atoms with Crippen LogP contribution in [0.25, 0.3) is 11.0 Å². The molecule has 0 spiro atoms. The lowest BCUT2D eigenvalue weighted by atomic mass is 10.0. The molecule has 1 N–H and O–H groups in total. The molecule has 0 amide bonds. The van der Waals surface area contributed by atoms with E-state index in [1.807, 2.05) is 12.1 Å². The molecule has 4 nitrogen and oxygen atoms in total. The number of ether oxygens (including phenoxy) is 1. The number of H-pyrrole nitrogens is 1. The molecule has 1 unspecified atom stereocenters. The summed E-state index contributed by atoms with van der Waals surface area (Å²) in [6.45, 7) is 3.55. The Kier molecular flexibility index (Phi) is 2.51. The predicted octanol–water partition coefficient (Wildman–Crippen LogP) is 2.71. The highest BCUT2D eigenvalue weighted by atomic mass is 32.1. The zero-order chi connectivity index (χ0) is 12.8. The summed E-state index contributed by atoms with van der Waals surface area (Å²) < 4.78 is 8.28. The number of benzene rings is 1. The maximum absolute atomic E-state index is 9.00. The number of nitriles is 1. The number of fused-ring (bicyclic) bond motifs is 1. The normalized spacial score (nSPS) is 23.3. The lowest BCUT2D eigenvalue weighted by Gasteiger charge is -2.24. The smallest absolute Gasteiger partial charge is 0.178 e. The fourth-order valence-electron chi connectivity index (χ4n) is 2.54. The average Bonchev–Trinajstić information content (AvgIpc) is 2.91. The predicted molar refractivity (Wildman–Crippen MR) is 70.9 cm³/mol. The Balaban J connectivity index is 2.31. The Labute approximate surface area is 110 Å². The van der Waals surface area contributed by atoms with Gasteiger partial charge in [0.15, 0.2) is 4.77 Å². The van der Waals surface area contributed by atoms with Crippen LogP contribution in [0.5, 0.6) is 0 Å². The van der Waals surface area contributed by atoms with E-state index in [2.05, 4.69) is 22.5 Å². The summed E-state index contributed by atoms with van der Waals surface area (Å²) in [5, 5.41) is 9.00. The number of aromatic nitrogens is 2. The van der Waals surface area contributed by atoms with E-state index in [4.69, 9.17) is 22.2 Å². The molecule has 0 saturated carbocycles. The van der Waals surface area contributed by atoms with Crippen LogP contribution in [0, 0.1) is 16.1 Å². The van der Waals surface area contributed by atoms with E-state index in [0.29, 0.717) is 16.9 Å². The zero-order valence-corrected chi connectivity index (χ0v) is 10.9. The Morgan fingerprint density at radius 1 is 1.56 bits per heavy atom. The SMILES string of the molecule is CC1(n2c(=S)[nH]c3ccc(C#N)cc32)CCOC1. The van der Waals surface area contributed by atoms with Gasteiger partial charge in [0.1, 0.15) is 0 Å². The molecule has 18 heavy (non-hydrogen) atoms. The van der Waals surface area contributed by atoms with E-state index in [-0.39, 0.29) is 5.54 Å². The van der Waals surface area contributed by atoms with Gasteiger partial charge in [-0.25, -0.2) is 0 Å². The van der Waals surface area contributed by atoms with Gasteiger partial charge in [-0.2, -0.15) is 5.26 Å². The van der Waals surface area contributed by atoms with Crippen molar-refractivity contribution in [2.45, 2.75) is 18.9 Å². The Morgan fingerprint density at radius 2 is 2.39 bits per heavy atom. The van der Waals surface area contributed by atoms with Gasteiger partial charge in [0.2, 0.25) is 0 Å². The summed E-state index contributed by atoms with van der Waals surface area (Å²) in [7, 11) is 0. The van der Waals surface area contributed by atoms with Crippen molar-refractivity contribution in [2.24, 2.45) is 0 Å². The highest BCUT2D eigenvalue weighted by Crippen LogP contribution is 2.31. The number of rotatable bonds is 1. The minimum atomic E-state index is -0.122. The van der Waals surface area contributed by atoms with Crippen molar-refractivity contribution in [3.05, 3.63) is 28.5 Å². The van der Waals surface area contributed by atoms with Crippen LogP contribution < -0.4 is 0 Å². The van der Waals surface area contributed by atoms with E-state index in [0.717, 1.165) is 24.1 Å². The highest BCUT2D eigenvalue weighted by Gasteiger charge is 2.33. The molecular formula is C13H13N3OS. The van der Waals surface area contributed by atoms with Crippen molar-refractivity contribution in [1.29, 1.82) is 5.26 Å². The van der Waals surface area contributed by atoms with Crippen molar-refractivity contribution in [2.75, 3.05) is 13.2 Å². The van der Waals surface area contributed by atoms with Gasteiger partial charge in [0.05, 0.1) is 34.8 Å². The molecule has 5 heteroatoms. The number of aromatic amines is 1. The van der Waals surface area contributed by atoms with Crippen molar-refractivity contribution < 1.29 is 4.74 Å². The number of hydrogen-bond donors (Lipinski definition) is 1. The first-order valence-electron chi connectivity index (χ1n) is 5.87. The van der Waals surface area contributed by atoms with Crippen molar-refractivity contribution >= 4 is 23.3 Å². The monoisotopic (exact) mass is 259 g/mol. The fraction of sp³-hybridized carbons (Fsp3) is 0.385. The van der Waals surface area contributed by atoms with Crippen molar-refractivity contribution in [3.63, 3.8) is 0 Å². The topological polar surface area (TPSA) is 53.7 Å². The average molecular weight is 259 g/mol. The maximum Gasteiger partial charge on any atom is 0.178 e. The Bertz CT molecular complexity index is 701. The van der Waals surface area contributed by atoms with Gasteiger partial charge < -0.3 is 14.3 Å². The highest BCUT2D eigenvalue weighted by molar-refractivity contribution is 7.71. The van der Waals surface area contributed by atoms with Crippen LogP contribution in [0.4, 0.5) is 0 Å². The molecule has 1 saturated heterocycles. The standard InChI is InChI=1S/C13H13N3OS/c1-13(4-5-17-8-13)16-11-6-9(7-14)2-3-10(11)15-12(16)18/h2-3,6H,4-5,8H2,1H3,(H,15,18). The molecule has 1 aromatic heterocycles. The van der Waals surface area contributed by atoms with Crippen LogP contribution in [0.2, 0.25) is 0 Å². The molecule has 1 aliphatic rings. The molecule has 0 aliphatic carbocycles. The van der Waals surface area contributed by atoms with Gasteiger partial charge in [-0.1, -0.05) is 0 Å². The molecule has 1 fully saturated rings. The molecule has 0 radical (unpaired) electrons. The van der Waals surface area contributed by atoms with E-state index in [9.17, 15) is 0 Å². The third-order valence-corrected chi connectivity index (χ3v) is 3.83. The molecule has 1 aliphatic heterocycles. The lowest BCUT2D eigenvalue weighted by molar-refractivity contribution is 0.162. The fourth-order valence-corrected chi connectivity index (χ4v) is 2.97. The molecule has 2 heterocycles. The minimum Gasteiger partial charge on any atom is -0.379 e. The summed E-state index contributed by atoms with van der Waals surface area (Å²) in [5.41, 5.74) is 2.47. The minimum absolute atomic E-state index is 0.122. The van der Waals surface area contributed by atoms with Gasteiger partial charge in [0, 0.05) is 6.61 Å². The molecule has 3 rings (SSSR count). The summed E-state index contributed by atoms with van der Waals surface area (Å²) in [5.74, 6) is 0. The van der Waals surface area contributed by atoms with Gasteiger partial charge in [-0.05, 0) is 43.8 Å². The first-order valence-corrected chi connectivity index (χ1v) is 6.28. The van der Waals surface area contributed by atoms with Crippen LogP contribution in [0.3, 0.4) is 0 Å². The number of imidazole rings is 1. The zero-order valence-electron chi connectivity index (χ0n) is 10.1. The van der Waals surface area contributed by atoms with Crippen LogP contribution in [-0.2, 0) is 10.3 Å². The number of nitrogens with zero attached hydrogens (tertiary/aromatic N) is 2. The summed E-state index contributed by atoms with van der Waals surface area (Å²) >= 11 is 5.41. The second-order valence-electron chi connectivity index (χ2n) is 4.91. The third-order valence-electron chi connectivity index (χ3n) is 3.55. The van der Waals surface area contributed by atoms with Gasteiger partial charge >= 0.3 is 0 Å². The molecule has 1 aromatic carbocycles. The van der Waals surface area contributed by atoms with Crippen molar-refractivity contribution in [3.8, 4) is 6.07 Å². The van der Waals surface area contributed by atoms with Crippen LogP contribution in [-0.4, -0.2) is 22.8 Å². The largest absolute Gasteiger partial charge is 0.379 e. The lowest BCUT2D eigenvalue weighted by Crippen LogP contribution is -2.30. The van der Waals surface area contributed by atoms with Gasteiger partial charge in [-0.15, -0.1) is 0 Å². The second-order valence-corrected chi connectivity index (χ2v) is 5.30. The second kappa shape index (κ2) is 3.94. The Morgan fingerprint density at radius 3 is 3.06 bits per heavy atom. The van der Waals surface area contributed by atoms with Gasteiger partial charge in [0.25, 0.3) is 0 Å². The quantitative estimate of drug-likeness (QED) is 0.801. The first kappa shape index (κ1) is 11.5. The summed E-state index contributed by atoms with van der Waals surface area (Å²) in [6, 6.07) is 7.75. The van der Waals surface area contributed by atoms with E-state index >= 15 is 0 Å². The Hall–Kier alpha value is -1.64. The summed E-state index contributed by atoms with van der Waals surface area (Å²) in [6.07, 6.45) is 0.936.